The van der Waals surface area contributed by atoms with E-state index in [9.17, 15) is 19.8 Å². The van der Waals surface area contributed by atoms with Gasteiger partial charge in [0.2, 0.25) is 0 Å². The zero-order chi connectivity index (χ0) is 12.1. The zero-order valence-electron chi connectivity index (χ0n) is 8.67. The lowest BCUT2D eigenvalue weighted by Crippen LogP contribution is -2.56. The first-order valence-corrected chi connectivity index (χ1v) is 4.75. The van der Waals surface area contributed by atoms with Crippen LogP contribution in [0.4, 0.5) is 0 Å². The standard InChI is InChI=1S/C11H13NO4/c1-7(8-5-3-2-4-6-8)12-9(10(13)14)11(15)16/h2-7,9,12H,1H3,(H,13,14)(H,15,16)/p-2. The molecule has 0 heterocycles. The summed E-state index contributed by atoms with van der Waals surface area (Å²) in [5.74, 6) is -3.41. The van der Waals surface area contributed by atoms with Gasteiger partial charge >= 0.3 is 0 Å². The van der Waals surface area contributed by atoms with E-state index in [-0.39, 0.29) is 0 Å². The number of carboxylic acid groups (broad SMARTS) is 2. The van der Waals surface area contributed by atoms with Crippen LogP contribution in [-0.2, 0) is 9.59 Å². The third-order valence-corrected chi connectivity index (χ3v) is 2.19. The lowest BCUT2D eigenvalue weighted by atomic mass is 10.1. The van der Waals surface area contributed by atoms with Crippen molar-refractivity contribution in [2.75, 3.05) is 0 Å². The van der Waals surface area contributed by atoms with Crippen molar-refractivity contribution >= 4 is 11.9 Å². The van der Waals surface area contributed by atoms with E-state index in [4.69, 9.17) is 0 Å². The largest absolute Gasteiger partial charge is 0.548 e. The maximum absolute atomic E-state index is 10.5. The minimum atomic E-state index is -1.81. The Morgan fingerprint density at radius 3 is 2.06 bits per heavy atom. The van der Waals surface area contributed by atoms with Crippen LogP contribution in [0.15, 0.2) is 30.3 Å². The maximum atomic E-state index is 10.5. The van der Waals surface area contributed by atoms with E-state index in [2.05, 4.69) is 5.32 Å². The predicted octanol–water partition coefficient (Wildman–Crippen LogP) is -1.79. The number of aliphatic carboxylic acids is 2. The first-order chi connectivity index (χ1) is 7.52. The second-order valence-corrected chi connectivity index (χ2v) is 3.37. The van der Waals surface area contributed by atoms with Crippen LogP contribution in [0.3, 0.4) is 0 Å². The number of hydrogen-bond acceptors (Lipinski definition) is 5. The summed E-state index contributed by atoms with van der Waals surface area (Å²) in [6, 6.07) is 6.67. The molecule has 0 bridgehead atoms. The number of benzene rings is 1. The van der Waals surface area contributed by atoms with Crippen LogP contribution in [0.2, 0.25) is 0 Å². The Kier molecular flexibility index (Phi) is 4.02. The van der Waals surface area contributed by atoms with Crippen molar-refractivity contribution in [3.63, 3.8) is 0 Å². The highest BCUT2D eigenvalue weighted by atomic mass is 16.4. The van der Waals surface area contributed by atoms with Crippen molar-refractivity contribution in [2.45, 2.75) is 19.0 Å². The lowest BCUT2D eigenvalue weighted by Gasteiger charge is -2.25. The molecule has 0 spiro atoms. The van der Waals surface area contributed by atoms with Gasteiger partial charge in [0.05, 0.1) is 18.0 Å². The molecule has 1 aromatic rings. The Bertz CT molecular complexity index is 363. The fourth-order valence-corrected chi connectivity index (χ4v) is 1.32. The Labute approximate surface area is 92.7 Å². The number of nitrogens with one attached hydrogen (secondary N) is 1. The molecule has 0 aromatic heterocycles. The van der Waals surface area contributed by atoms with Crippen LogP contribution in [0.5, 0.6) is 0 Å². The van der Waals surface area contributed by atoms with Gasteiger partial charge < -0.3 is 19.8 Å². The van der Waals surface area contributed by atoms with Crippen LogP contribution in [0, 0.1) is 0 Å². The van der Waals surface area contributed by atoms with Crippen LogP contribution in [0.25, 0.3) is 0 Å². The summed E-state index contributed by atoms with van der Waals surface area (Å²) in [5.41, 5.74) is 0.787. The molecule has 0 fully saturated rings. The fraction of sp³-hybridized carbons (Fsp3) is 0.273. The third-order valence-electron chi connectivity index (χ3n) is 2.19. The van der Waals surface area contributed by atoms with Crippen molar-refractivity contribution < 1.29 is 19.8 Å². The minimum absolute atomic E-state index is 0.415. The molecule has 0 saturated heterocycles. The van der Waals surface area contributed by atoms with Crippen molar-refractivity contribution in [2.24, 2.45) is 0 Å². The zero-order valence-corrected chi connectivity index (χ0v) is 8.67. The van der Waals surface area contributed by atoms with Gasteiger partial charge in [-0.2, -0.15) is 0 Å². The normalized spacial score (nSPS) is 12.4. The molecular weight excluding hydrogens is 210 g/mol. The van der Waals surface area contributed by atoms with Gasteiger partial charge in [-0.1, -0.05) is 30.3 Å². The van der Waals surface area contributed by atoms with Gasteiger partial charge in [0.1, 0.15) is 0 Å². The van der Waals surface area contributed by atoms with E-state index in [0.717, 1.165) is 5.56 Å². The van der Waals surface area contributed by atoms with Crippen molar-refractivity contribution in [1.82, 2.24) is 5.32 Å². The average molecular weight is 221 g/mol. The highest BCUT2D eigenvalue weighted by Crippen LogP contribution is 2.11. The van der Waals surface area contributed by atoms with Crippen LogP contribution in [-0.4, -0.2) is 18.0 Å². The molecular formula is C11H11NO4-2. The second-order valence-electron chi connectivity index (χ2n) is 3.37. The van der Waals surface area contributed by atoms with E-state index in [1.54, 1.807) is 31.2 Å². The highest BCUT2D eigenvalue weighted by molar-refractivity contribution is 5.95. The van der Waals surface area contributed by atoms with Crippen molar-refractivity contribution in [3.05, 3.63) is 35.9 Å². The molecule has 0 aliphatic carbocycles. The Morgan fingerprint density at radius 2 is 1.62 bits per heavy atom. The van der Waals surface area contributed by atoms with Gasteiger partial charge in [-0.25, -0.2) is 0 Å². The van der Waals surface area contributed by atoms with E-state index >= 15 is 0 Å². The monoisotopic (exact) mass is 221 g/mol. The topological polar surface area (TPSA) is 92.3 Å². The average Bonchev–Trinajstić information content (AvgIpc) is 2.25. The van der Waals surface area contributed by atoms with Gasteiger partial charge in [0.15, 0.2) is 0 Å². The predicted molar refractivity (Wildman–Crippen MR) is 51.8 cm³/mol. The Balaban J connectivity index is 2.73. The third kappa shape index (κ3) is 3.06. The van der Waals surface area contributed by atoms with E-state index in [1.807, 2.05) is 6.07 Å². The van der Waals surface area contributed by atoms with Gasteiger partial charge in [-0.05, 0) is 12.5 Å². The molecule has 1 atom stereocenters. The molecule has 0 radical (unpaired) electrons. The molecule has 1 aromatic carbocycles. The van der Waals surface area contributed by atoms with Gasteiger partial charge in [0.25, 0.3) is 0 Å². The molecule has 5 heteroatoms. The quantitative estimate of drug-likeness (QED) is 0.592. The Morgan fingerprint density at radius 1 is 1.12 bits per heavy atom. The molecule has 0 saturated carbocycles. The van der Waals surface area contributed by atoms with Gasteiger partial charge in [-0.15, -0.1) is 0 Å². The summed E-state index contributed by atoms with van der Waals surface area (Å²) in [6.07, 6.45) is 0. The number of carboxylic acids is 2. The molecule has 1 rings (SSSR count). The summed E-state index contributed by atoms with van der Waals surface area (Å²) >= 11 is 0. The smallest absolute Gasteiger partial charge is 0.0875 e. The summed E-state index contributed by atoms with van der Waals surface area (Å²) < 4.78 is 0. The molecule has 1 N–H and O–H groups in total. The van der Waals surface area contributed by atoms with Crippen LogP contribution >= 0.6 is 0 Å². The SMILES string of the molecule is CC(NC(C(=O)[O-])C(=O)[O-])c1ccccc1. The van der Waals surface area contributed by atoms with E-state index < -0.39 is 24.0 Å². The van der Waals surface area contributed by atoms with Crippen molar-refractivity contribution in [3.8, 4) is 0 Å². The fourth-order valence-electron chi connectivity index (χ4n) is 1.32. The van der Waals surface area contributed by atoms with Crippen LogP contribution in [0.1, 0.15) is 18.5 Å². The molecule has 1 unspecified atom stereocenters. The Hall–Kier alpha value is -1.88. The lowest BCUT2D eigenvalue weighted by molar-refractivity contribution is -0.327. The number of carbonyl (C=O) groups excluding carboxylic acids is 2. The molecule has 86 valence electrons. The summed E-state index contributed by atoms with van der Waals surface area (Å²) in [4.78, 5) is 21.0. The number of carbonyl (C=O) groups is 2. The second kappa shape index (κ2) is 5.27. The summed E-state index contributed by atoms with van der Waals surface area (Å²) in [5, 5.41) is 23.4. The number of rotatable bonds is 5. The maximum Gasteiger partial charge on any atom is 0.0875 e. The summed E-state index contributed by atoms with van der Waals surface area (Å²) in [7, 11) is 0. The molecule has 0 aliphatic heterocycles. The molecule has 5 nitrogen and oxygen atoms in total. The summed E-state index contributed by atoms with van der Waals surface area (Å²) in [6.45, 7) is 1.66. The highest BCUT2D eigenvalue weighted by Gasteiger charge is 2.14. The van der Waals surface area contributed by atoms with E-state index in [1.165, 1.54) is 0 Å². The molecule has 0 aliphatic rings. The first kappa shape index (κ1) is 12.2. The van der Waals surface area contributed by atoms with Gasteiger partial charge in [-0.3, -0.25) is 5.32 Å². The minimum Gasteiger partial charge on any atom is -0.548 e. The van der Waals surface area contributed by atoms with Crippen molar-refractivity contribution in [1.29, 1.82) is 0 Å². The first-order valence-electron chi connectivity index (χ1n) is 4.75. The van der Waals surface area contributed by atoms with E-state index in [0.29, 0.717) is 0 Å². The molecule has 16 heavy (non-hydrogen) atoms. The van der Waals surface area contributed by atoms with Crippen LogP contribution < -0.4 is 15.5 Å². The molecule has 0 amide bonds. The number of hydrogen-bond donors (Lipinski definition) is 1. The van der Waals surface area contributed by atoms with Gasteiger partial charge in [0, 0.05) is 6.04 Å².